The molecule has 0 aromatic heterocycles. The standard InChI is InChI=1S/C11H16BF3N2/c1-2-9(7-16-12)17-10-5-3-4-8(6-10)11(13,14)15/h3-6,9,16-17H,2,7,12H2,1H3. The van der Waals surface area contributed by atoms with E-state index in [4.69, 9.17) is 0 Å². The first-order valence-electron chi connectivity index (χ1n) is 5.55. The van der Waals surface area contributed by atoms with Crippen molar-refractivity contribution in [1.29, 1.82) is 0 Å². The highest BCUT2D eigenvalue weighted by Gasteiger charge is 2.30. The van der Waals surface area contributed by atoms with Crippen molar-refractivity contribution in [3.63, 3.8) is 0 Å². The zero-order chi connectivity index (χ0) is 12.9. The van der Waals surface area contributed by atoms with Crippen LogP contribution in [0.25, 0.3) is 0 Å². The molecule has 0 aliphatic heterocycles. The molecule has 2 N–H and O–H groups in total. The topological polar surface area (TPSA) is 24.1 Å². The Balaban J connectivity index is 2.78. The summed E-state index contributed by atoms with van der Waals surface area (Å²) in [7, 11) is 1.82. The molecule has 6 heteroatoms. The number of benzene rings is 1. The predicted molar refractivity (Wildman–Crippen MR) is 65.7 cm³/mol. The van der Waals surface area contributed by atoms with Crippen LogP contribution in [0, 0.1) is 0 Å². The Hall–Kier alpha value is -1.17. The van der Waals surface area contributed by atoms with Gasteiger partial charge >= 0.3 is 6.18 Å². The molecule has 94 valence electrons. The van der Waals surface area contributed by atoms with Crippen molar-refractivity contribution in [2.45, 2.75) is 25.6 Å². The van der Waals surface area contributed by atoms with Gasteiger partial charge in [-0.25, -0.2) is 0 Å². The van der Waals surface area contributed by atoms with Crippen LogP contribution in [-0.4, -0.2) is 20.6 Å². The van der Waals surface area contributed by atoms with Crippen LogP contribution >= 0.6 is 0 Å². The number of rotatable bonds is 5. The summed E-state index contributed by atoms with van der Waals surface area (Å²) >= 11 is 0. The molecular weight excluding hydrogens is 228 g/mol. The first-order chi connectivity index (χ1) is 7.97. The van der Waals surface area contributed by atoms with E-state index >= 15 is 0 Å². The molecule has 0 spiro atoms. The molecule has 1 aromatic rings. The number of anilines is 1. The fourth-order valence-electron chi connectivity index (χ4n) is 1.56. The van der Waals surface area contributed by atoms with E-state index in [1.165, 1.54) is 6.07 Å². The van der Waals surface area contributed by atoms with Gasteiger partial charge in [0.25, 0.3) is 0 Å². The van der Waals surface area contributed by atoms with E-state index < -0.39 is 11.7 Å². The molecule has 0 radical (unpaired) electrons. The smallest absolute Gasteiger partial charge is 0.381 e. The van der Waals surface area contributed by atoms with Crippen molar-refractivity contribution in [3.05, 3.63) is 29.8 Å². The molecule has 0 saturated carbocycles. The first-order valence-corrected chi connectivity index (χ1v) is 5.55. The molecule has 0 bridgehead atoms. The van der Waals surface area contributed by atoms with Crippen molar-refractivity contribution in [3.8, 4) is 0 Å². The SMILES string of the molecule is BNCC(CC)Nc1cccc(C(F)(F)F)c1. The van der Waals surface area contributed by atoms with Crippen LogP contribution in [0.1, 0.15) is 18.9 Å². The first kappa shape index (κ1) is 13.9. The number of hydrogen-bond donors (Lipinski definition) is 2. The molecule has 1 aromatic carbocycles. The van der Waals surface area contributed by atoms with Gasteiger partial charge in [0.1, 0.15) is 0 Å². The van der Waals surface area contributed by atoms with Gasteiger partial charge in [0.2, 0.25) is 0 Å². The van der Waals surface area contributed by atoms with Crippen molar-refractivity contribution >= 4 is 13.7 Å². The average molecular weight is 244 g/mol. The van der Waals surface area contributed by atoms with Gasteiger partial charge in [-0.3, -0.25) is 0 Å². The summed E-state index contributed by atoms with van der Waals surface area (Å²) < 4.78 is 37.5. The monoisotopic (exact) mass is 244 g/mol. The largest absolute Gasteiger partial charge is 0.416 e. The molecule has 2 nitrogen and oxygen atoms in total. The van der Waals surface area contributed by atoms with E-state index in [9.17, 15) is 13.2 Å². The summed E-state index contributed by atoms with van der Waals surface area (Å²) in [6, 6.07) is 5.40. The zero-order valence-corrected chi connectivity index (χ0v) is 9.93. The second-order valence-corrected chi connectivity index (χ2v) is 3.89. The van der Waals surface area contributed by atoms with Crippen molar-refractivity contribution in [1.82, 2.24) is 5.23 Å². The summed E-state index contributed by atoms with van der Waals surface area (Å²) in [6.45, 7) is 2.70. The Kier molecular flexibility index (Phi) is 4.87. The maximum atomic E-state index is 12.5. The lowest BCUT2D eigenvalue weighted by atomic mass is 10.1. The van der Waals surface area contributed by atoms with Crippen LogP contribution in [0.4, 0.5) is 18.9 Å². The van der Waals surface area contributed by atoms with Crippen molar-refractivity contribution in [2.24, 2.45) is 0 Å². The van der Waals surface area contributed by atoms with Crippen LogP contribution in [0.3, 0.4) is 0 Å². The fourth-order valence-corrected chi connectivity index (χ4v) is 1.56. The lowest BCUT2D eigenvalue weighted by Crippen LogP contribution is -2.31. The minimum Gasteiger partial charge on any atom is -0.381 e. The quantitative estimate of drug-likeness (QED) is 0.774. The van der Waals surface area contributed by atoms with E-state index in [1.807, 2.05) is 14.9 Å². The molecule has 0 saturated heterocycles. The van der Waals surface area contributed by atoms with Crippen LogP contribution in [0.5, 0.6) is 0 Å². The minimum absolute atomic E-state index is 0.128. The summed E-state index contributed by atoms with van der Waals surface area (Å²) in [5.74, 6) is 0. The van der Waals surface area contributed by atoms with Crippen molar-refractivity contribution < 1.29 is 13.2 Å². The highest BCUT2D eigenvalue weighted by Crippen LogP contribution is 2.30. The number of nitrogens with one attached hydrogen (secondary N) is 2. The predicted octanol–water partition coefficient (Wildman–Crippen LogP) is 2.03. The lowest BCUT2D eigenvalue weighted by Gasteiger charge is -2.18. The molecule has 0 fully saturated rings. The molecule has 1 unspecified atom stereocenters. The molecular formula is C11H16BF3N2. The third-order valence-corrected chi connectivity index (χ3v) is 2.50. The molecule has 1 atom stereocenters. The average Bonchev–Trinajstić information content (AvgIpc) is 2.28. The Morgan fingerprint density at radius 2 is 2.06 bits per heavy atom. The molecule has 1 rings (SSSR count). The van der Waals surface area contributed by atoms with Crippen LogP contribution < -0.4 is 10.5 Å². The van der Waals surface area contributed by atoms with Gasteiger partial charge in [0.05, 0.1) is 5.56 Å². The summed E-state index contributed by atoms with van der Waals surface area (Å²) in [4.78, 5) is 0. The summed E-state index contributed by atoms with van der Waals surface area (Å²) in [5.41, 5.74) is -0.122. The van der Waals surface area contributed by atoms with Crippen LogP contribution in [0.2, 0.25) is 0 Å². The van der Waals surface area contributed by atoms with Gasteiger partial charge in [0, 0.05) is 18.3 Å². The molecule has 17 heavy (non-hydrogen) atoms. The molecule has 0 amide bonds. The zero-order valence-electron chi connectivity index (χ0n) is 9.93. The highest BCUT2D eigenvalue weighted by atomic mass is 19.4. The number of alkyl halides is 3. The Morgan fingerprint density at radius 1 is 1.35 bits per heavy atom. The van der Waals surface area contributed by atoms with Gasteiger partial charge in [0.15, 0.2) is 7.98 Å². The second kappa shape index (κ2) is 5.96. The normalized spacial score (nSPS) is 13.4. The van der Waals surface area contributed by atoms with E-state index in [-0.39, 0.29) is 6.04 Å². The third kappa shape index (κ3) is 4.30. The van der Waals surface area contributed by atoms with Gasteiger partial charge in [-0.05, 0) is 24.6 Å². The van der Waals surface area contributed by atoms with Gasteiger partial charge < -0.3 is 10.5 Å². The fraction of sp³-hybridized carbons (Fsp3) is 0.455. The molecule has 0 aliphatic rings. The van der Waals surface area contributed by atoms with E-state index in [1.54, 1.807) is 6.07 Å². The maximum Gasteiger partial charge on any atom is 0.416 e. The van der Waals surface area contributed by atoms with Gasteiger partial charge in [-0.15, -0.1) is 0 Å². The summed E-state index contributed by atoms with van der Waals surface area (Å²) in [5, 5.41) is 6.08. The number of hydrogen-bond acceptors (Lipinski definition) is 2. The van der Waals surface area contributed by atoms with E-state index in [2.05, 4.69) is 10.5 Å². The molecule has 0 aliphatic carbocycles. The van der Waals surface area contributed by atoms with Gasteiger partial charge in [-0.2, -0.15) is 13.2 Å². The Bertz CT molecular complexity index is 355. The maximum absolute atomic E-state index is 12.5. The summed E-state index contributed by atoms with van der Waals surface area (Å²) in [6.07, 6.45) is -3.44. The minimum atomic E-state index is -4.29. The highest BCUT2D eigenvalue weighted by molar-refractivity contribution is 6.04. The van der Waals surface area contributed by atoms with E-state index in [0.29, 0.717) is 12.2 Å². The molecule has 0 heterocycles. The van der Waals surface area contributed by atoms with Crippen LogP contribution in [-0.2, 0) is 6.18 Å². The van der Waals surface area contributed by atoms with Gasteiger partial charge in [-0.1, -0.05) is 13.0 Å². The Morgan fingerprint density at radius 3 is 2.59 bits per heavy atom. The third-order valence-electron chi connectivity index (χ3n) is 2.50. The number of halogens is 3. The second-order valence-electron chi connectivity index (χ2n) is 3.89. The Labute approximate surface area is 100 Å². The van der Waals surface area contributed by atoms with E-state index in [0.717, 1.165) is 18.6 Å². The van der Waals surface area contributed by atoms with Crippen molar-refractivity contribution in [2.75, 3.05) is 11.9 Å². The lowest BCUT2D eigenvalue weighted by molar-refractivity contribution is -0.137. The van der Waals surface area contributed by atoms with Crippen LogP contribution in [0.15, 0.2) is 24.3 Å².